The van der Waals surface area contributed by atoms with Crippen LogP contribution in [0.15, 0.2) is 36.9 Å². The second-order valence-electron chi connectivity index (χ2n) is 2.65. The lowest BCUT2D eigenvalue weighted by molar-refractivity contribution is 0.149. The van der Waals surface area contributed by atoms with Gasteiger partial charge in [-0.2, -0.15) is 0 Å². The molecule has 1 rings (SSSR count). The summed E-state index contributed by atoms with van der Waals surface area (Å²) >= 11 is 0. The van der Waals surface area contributed by atoms with Crippen molar-refractivity contribution in [3.8, 4) is 5.75 Å². The smallest absolute Gasteiger partial charge is 0.118 e. The molecule has 0 atom stereocenters. The van der Waals surface area contributed by atoms with Crippen molar-refractivity contribution in [2.75, 3.05) is 13.7 Å². The Kier molecular flexibility index (Phi) is 4.06. The third kappa shape index (κ3) is 3.30. The maximum atomic E-state index is 5.28. The molecule has 0 unspecified atom stereocenters. The normalized spacial score (nSPS) is 9.62. The summed E-state index contributed by atoms with van der Waals surface area (Å²) < 4.78 is 10.3. The standard InChI is InChI=1S/C11H14O2/c1-3-8-13-9-10-4-6-11(12-2)7-5-10/h3-7H,1,8-9H2,2H3. The third-order valence-electron chi connectivity index (χ3n) is 1.66. The fourth-order valence-corrected chi connectivity index (χ4v) is 0.982. The topological polar surface area (TPSA) is 18.5 Å². The quantitative estimate of drug-likeness (QED) is 0.509. The van der Waals surface area contributed by atoms with E-state index >= 15 is 0 Å². The van der Waals surface area contributed by atoms with E-state index in [4.69, 9.17) is 9.47 Å². The minimum Gasteiger partial charge on any atom is -0.497 e. The van der Waals surface area contributed by atoms with Crippen LogP contribution >= 0.6 is 0 Å². The Labute approximate surface area is 78.8 Å². The van der Waals surface area contributed by atoms with Crippen molar-refractivity contribution in [1.82, 2.24) is 0 Å². The first-order chi connectivity index (χ1) is 6.36. The van der Waals surface area contributed by atoms with Gasteiger partial charge in [0, 0.05) is 0 Å². The molecule has 0 aliphatic rings. The summed E-state index contributed by atoms with van der Waals surface area (Å²) in [5, 5.41) is 0. The first kappa shape index (κ1) is 9.81. The Balaban J connectivity index is 2.44. The van der Waals surface area contributed by atoms with Crippen molar-refractivity contribution in [1.29, 1.82) is 0 Å². The molecule has 1 aromatic rings. The molecule has 2 heteroatoms. The van der Waals surface area contributed by atoms with Gasteiger partial charge >= 0.3 is 0 Å². The highest BCUT2D eigenvalue weighted by Gasteiger charge is 1.93. The molecule has 13 heavy (non-hydrogen) atoms. The highest BCUT2D eigenvalue weighted by molar-refractivity contribution is 5.26. The summed E-state index contributed by atoms with van der Waals surface area (Å²) in [6.07, 6.45) is 1.74. The zero-order chi connectivity index (χ0) is 9.52. The second kappa shape index (κ2) is 5.38. The van der Waals surface area contributed by atoms with Crippen molar-refractivity contribution in [3.05, 3.63) is 42.5 Å². The van der Waals surface area contributed by atoms with E-state index in [-0.39, 0.29) is 0 Å². The fraction of sp³-hybridized carbons (Fsp3) is 0.273. The van der Waals surface area contributed by atoms with Gasteiger partial charge in [-0.3, -0.25) is 0 Å². The molecule has 0 fully saturated rings. The van der Waals surface area contributed by atoms with Gasteiger partial charge in [0.1, 0.15) is 5.75 Å². The molecule has 0 bridgehead atoms. The van der Waals surface area contributed by atoms with E-state index in [1.165, 1.54) is 0 Å². The zero-order valence-corrected chi connectivity index (χ0v) is 7.82. The molecular formula is C11H14O2. The molecule has 0 aliphatic heterocycles. The van der Waals surface area contributed by atoms with E-state index in [0.717, 1.165) is 11.3 Å². The molecule has 1 aromatic carbocycles. The summed E-state index contributed by atoms with van der Waals surface area (Å²) in [6, 6.07) is 7.82. The van der Waals surface area contributed by atoms with Crippen LogP contribution in [0, 0.1) is 0 Å². The van der Waals surface area contributed by atoms with Crippen LogP contribution < -0.4 is 4.74 Å². The monoisotopic (exact) mass is 178 g/mol. The molecule has 0 heterocycles. The number of ether oxygens (including phenoxy) is 2. The number of hydrogen-bond donors (Lipinski definition) is 0. The van der Waals surface area contributed by atoms with E-state index in [1.807, 2.05) is 24.3 Å². The largest absolute Gasteiger partial charge is 0.497 e. The van der Waals surface area contributed by atoms with Gasteiger partial charge in [0.05, 0.1) is 20.3 Å². The molecule has 0 aromatic heterocycles. The molecule has 0 N–H and O–H groups in total. The van der Waals surface area contributed by atoms with E-state index < -0.39 is 0 Å². The van der Waals surface area contributed by atoms with Gasteiger partial charge in [-0.1, -0.05) is 18.2 Å². The van der Waals surface area contributed by atoms with Crippen molar-refractivity contribution in [3.63, 3.8) is 0 Å². The minimum atomic E-state index is 0.589. The molecule has 0 spiro atoms. The lowest BCUT2D eigenvalue weighted by atomic mass is 10.2. The predicted molar refractivity (Wildman–Crippen MR) is 52.8 cm³/mol. The molecule has 0 saturated carbocycles. The SMILES string of the molecule is C=CCOCc1ccc(OC)cc1. The molecular weight excluding hydrogens is 164 g/mol. The van der Waals surface area contributed by atoms with Crippen molar-refractivity contribution in [2.45, 2.75) is 6.61 Å². The Morgan fingerprint density at radius 1 is 1.31 bits per heavy atom. The van der Waals surface area contributed by atoms with Gasteiger partial charge in [-0.25, -0.2) is 0 Å². The van der Waals surface area contributed by atoms with Crippen LogP contribution in [0.25, 0.3) is 0 Å². The number of methoxy groups -OCH3 is 1. The molecule has 0 amide bonds. The van der Waals surface area contributed by atoms with Crippen LogP contribution in [0.1, 0.15) is 5.56 Å². The van der Waals surface area contributed by atoms with Gasteiger partial charge in [0.15, 0.2) is 0 Å². The summed E-state index contributed by atoms with van der Waals surface area (Å²) in [5.74, 6) is 0.868. The van der Waals surface area contributed by atoms with E-state index in [9.17, 15) is 0 Å². The van der Waals surface area contributed by atoms with Crippen LogP contribution in [-0.4, -0.2) is 13.7 Å². The van der Waals surface area contributed by atoms with Gasteiger partial charge < -0.3 is 9.47 Å². The molecule has 70 valence electrons. The summed E-state index contributed by atoms with van der Waals surface area (Å²) in [5.41, 5.74) is 1.14. The zero-order valence-electron chi connectivity index (χ0n) is 7.82. The van der Waals surface area contributed by atoms with Crippen molar-refractivity contribution < 1.29 is 9.47 Å². The summed E-state index contributed by atoms with van der Waals surface area (Å²) in [7, 11) is 1.66. The van der Waals surface area contributed by atoms with Gasteiger partial charge in [-0.15, -0.1) is 6.58 Å². The van der Waals surface area contributed by atoms with E-state index in [1.54, 1.807) is 13.2 Å². The average Bonchev–Trinajstić information content (AvgIpc) is 2.19. The average molecular weight is 178 g/mol. The minimum absolute atomic E-state index is 0.589. The number of benzene rings is 1. The third-order valence-corrected chi connectivity index (χ3v) is 1.66. The van der Waals surface area contributed by atoms with Gasteiger partial charge in [0.25, 0.3) is 0 Å². The Bertz CT molecular complexity index is 251. The first-order valence-corrected chi connectivity index (χ1v) is 4.18. The lowest BCUT2D eigenvalue weighted by Crippen LogP contribution is -1.92. The van der Waals surface area contributed by atoms with Crippen LogP contribution in [0.4, 0.5) is 0 Å². The number of hydrogen-bond acceptors (Lipinski definition) is 2. The first-order valence-electron chi connectivity index (χ1n) is 4.18. The maximum absolute atomic E-state index is 5.28. The van der Waals surface area contributed by atoms with Crippen molar-refractivity contribution in [2.24, 2.45) is 0 Å². The number of rotatable bonds is 5. The van der Waals surface area contributed by atoms with Gasteiger partial charge in [0.2, 0.25) is 0 Å². The Morgan fingerprint density at radius 2 is 2.00 bits per heavy atom. The van der Waals surface area contributed by atoms with Crippen LogP contribution in [0.5, 0.6) is 5.75 Å². The molecule has 0 saturated heterocycles. The van der Waals surface area contributed by atoms with Crippen LogP contribution in [-0.2, 0) is 11.3 Å². The predicted octanol–water partition coefficient (Wildman–Crippen LogP) is 2.40. The summed E-state index contributed by atoms with van der Waals surface area (Å²) in [4.78, 5) is 0. The Morgan fingerprint density at radius 3 is 2.54 bits per heavy atom. The molecule has 0 aliphatic carbocycles. The van der Waals surface area contributed by atoms with Crippen LogP contribution in [0.3, 0.4) is 0 Å². The fourth-order valence-electron chi connectivity index (χ4n) is 0.982. The molecule has 0 radical (unpaired) electrons. The van der Waals surface area contributed by atoms with E-state index in [2.05, 4.69) is 6.58 Å². The second-order valence-corrected chi connectivity index (χ2v) is 2.65. The highest BCUT2D eigenvalue weighted by atomic mass is 16.5. The molecule has 2 nitrogen and oxygen atoms in total. The Hall–Kier alpha value is -1.28. The van der Waals surface area contributed by atoms with Crippen LogP contribution in [0.2, 0.25) is 0 Å². The van der Waals surface area contributed by atoms with E-state index in [0.29, 0.717) is 13.2 Å². The highest BCUT2D eigenvalue weighted by Crippen LogP contribution is 2.11. The van der Waals surface area contributed by atoms with Crippen molar-refractivity contribution >= 4 is 0 Å². The summed E-state index contributed by atoms with van der Waals surface area (Å²) in [6.45, 7) is 4.78. The maximum Gasteiger partial charge on any atom is 0.118 e. The lowest BCUT2D eigenvalue weighted by Gasteiger charge is -2.03. The van der Waals surface area contributed by atoms with Gasteiger partial charge in [-0.05, 0) is 17.7 Å².